The third kappa shape index (κ3) is 4.39. The summed E-state index contributed by atoms with van der Waals surface area (Å²) < 4.78 is 0. The normalized spacial score (nSPS) is 15.4. The van der Waals surface area contributed by atoms with Crippen molar-refractivity contribution in [2.24, 2.45) is 5.92 Å². The molecule has 1 aliphatic rings. The lowest BCUT2D eigenvalue weighted by molar-refractivity contribution is -0.136. The molecule has 1 heterocycles. The average molecular weight is 301 g/mol. The van der Waals surface area contributed by atoms with Crippen molar-refractivity contribution in [2.75, 3.05) is 36.0 Å². The van der Waals surface area contributed by atoms with E-state index in [2.05, 4.69) is 30.0 Å². The molecule has 5 nitrogen and oxygen atoms in total. The minimum Gasteiger partial charge on any atom is -0.481 e. The van der Waals surface area contributed by atoms with E-state index >= 15 is 0 Å². The van der Waals surface area contributed by atoms with Gasteiger partial charge in [0.05, 0.1) is 12.5 Å². The number of carbonyl (C=O) groups is 1. The van der Waals surface area contributed by atoms with Crippen LogP contribution < -0.4 is 9.80 Å². The molecule has 118 valence electrons. The molecular weight excluding hydrogens is 278 g/mol. The number of aliphatic carboxylic acids is 1. The Morgan fingerprint density at radius 2 is 2.00 bits per heavy atom. The first-order chi connectivity index (χ1) is 10.6. The summed E-state index contributed by atoms with van der Waals surface area (Å²) in [5.74, 6) is -0.0420. The maximum atomic E-state index is 10.7. The summed E-state index contributed by atoms with van der Waals surface area (Å²) in [6, 6.07) is 10.2. The molecule has 0 amide bonds. The van der Waals surface area contributed by atoms with Gasteiger partial charge in [0.1, 0.15) is 6.54 Å². The molecule has 0 bridgehead atoms. The Balaban J connectivity index is 2.02. The minimum absolute atomic E-state index is 0.0352. The van der Waals surface area contributed by atoms with E-state index in [1.54, 1.807) is 4.90 Å². The standard InChI is InChI=1S/C17H23N3O2/c1-14-6-10-19(11-7-14)15-2-4-16(5-3-15)20(13-9-18)12-8-17(21)22/h2-5,14H,6-8,10-13H2,1H3,(H,21,22). The van der Waals surface area contributed by atoms with Gasteiger partial charge in [-0.15, -0.1) is 0 Å². The zero-order valence-electron chi connectivity index (χ0n) is 13.0. The second-order valence-corrected chi connectivity index (χ2v) is 5.91. The van der Waals surface area contributed by atoms with Gasteiger partial charge in [0.2, 0.25) is 0 Å². The van der Waals surface area contributed by atoms with Crippen LogP contribution in [-0.2, 0) is 4.79 Å². The molecule has 0 atom stereocenters. The fourth-order valence-electron chi connectivity index (χ4n) is 2.76. The van der Waals surface area contributed by atoms with Crippen LogP contribution in [0.25, 0.3) is 0 Å². The molecule has 0 unspecified atom stereocenters. The molecular formula is C17H23N3O2. The lowest BCUT2D eigenvalue weighted by atomic mass is 9.99. The number of hydrogen-bond acceptors (Lipinski definition) is 4. The van der Waals surface area contributed by atoms with Crippen LogP contribution in [0.2, 0.25) is 0 Å². The molecule has 0 aromatic heterocycles. The van der Waals surface area contributed by atoms with Gasteiger partial charge in [-0.25, -0.2) is 0 Å². The van der Waals surface area contributed by atoms with Crippen LogP contribution in [0.1, 0.15) is 26.2 Å². The van der Waals surface area contributed by atoms with Gasteiger partial charge >= 0.3 is 5.97 Å². The van der Waals surface area contributed by atoms with E-state index in [0.29, 0.717) is 6.54 Å². The molecule has 1 N–H and O–H groups in total. The highest BCUT2D eigenvalue weighted by molar-refractivity contribution is 5.68. The second-order valence-electron chi connectivity index (χ2n) is 5.91. The van der Waals surface area contributed by atoms with E-state index in [4.69, 9.17) is 10.4 Å². The van der Waals surface area contributed by atoms with Crippen LogP contribution in [-0.4, -0.2) is 37.3 Å². The Hall–Kier alpha value is -2.22. The molecule has 5 heteroatoms. The van der Waals surface area contributed by atoms with Crippen LogP contribution in [0.4, 0.5) is 11.4 Å². The van der Waals surface area contributed by atoms with Crippen molar-refractivity contribution in [1.29, 1.82) is 5.26 Å². The van der Waals surface area contributed by atoms with Gasteiger partial charge in [-0.3, -0.25) is 4.79 Å². The molecule has 1 saturated heterocycles. The second kappa shape index (κ2) is 7.69. The highest BCUT2D eigenvalue weighted by Gasteiger charge is 2.16. The van der Waals surface area contributed by atoms with E-state index in [9.17, 15) is 4.79 Å². The van der Waals surface area contributed by atoms with Crippen molar-refractivity contribution in [3.05, 3.63) is 24.3 Å². The molecule has 0 aliphatic carbocycles. The van der Waals surface area contributed by atoms with Crippen LogP contribution in [0.5, 0.6) is 0 Å². The Morgan fingerprint density at radius 1 is 1.36 bits per heavy atom. The number of nitrogens with zero attached hydrogens (tertiary/aromatic N) is 3. The number of benzene rings is 1. The highest BCUT2D eigenvalue weighted by atomic mass is 16.4. The monoisotopic (exact) mass is 301 g/mol. The predicted octanol–water partition coefficient (Wildman–Crippen LogP) is 2.73. The Labute approximate surface area is 131 Å². The van der Waals surface area contributed by atoms with Gasteiger partial charge in [-0.05, 0) is 43.0 Å². The summed E-state index contributed by atoms with van der Waals surface area (Å²) in [4.78, 5) is 14.9. The van der Waals surface area contributed by atoms with E-state index < -0.39 is 5.97 Å². The smallest absolute Gasteiger partial charge is 0.305 e. The van der Waals surface area contributed by atoms with Gasteiger partial charge < -0.3 is 14.9 Å². The van der Waals surface area contributed by atoms with Crippen molar-refractivity contribution >= 4 is 17.3 Å². The molecule has 0 spiro atoms. The van der Waals surface area contributed by atoms with Crippen LogP contribution in [0, 0.1) is 17.2 Å². The number of carboxylic acid groups (broad SMARTS) is 1. The fourth-order valence-corrected chi connectivity index (χ4v) is 2.76. The predicted molar refractivity (Wildman–Crippen MR) is 87.1 cm³/mol. The Bertz CT molecular complexity index is 528. The zero-order chi connectivity index (χ0) is 15.9. The summed E-state index contributed by atoms with van der Waals surface area (Å²) in [5.41, 5.74) is 2.10. The quantitative estimate of drug-likeness (QED) is 0.818. The maximum absolute atomic E-state index is 10.7. The molecule has 1 aromatic rings. The molecule has 2 rings (SSSR count). The molecule has 1 fully saturated rings. The van der Waals surface area contributed by atoms with Gasteiger partial charge in [-0.2, -0.15) is 5.26 Å². The summed E-state index contributed by atoms with van der Waals surface area (Å²) in [6.45, 7) is 5.02. The van der Waals surface area contributed by atoms with Crippen molar-refractivity contribution in [3.8, 4) is 6.07 Å². The van der Waals surface area contributed by atoms with Gasteiger partial charge in [0.15, 0.2) is 0 Å². The van der Waals surface area contributed by atoms with Crippen molar-refractivity contribution < 1.29 is 9.90 Å². The molecule has 22 heavy (non-hydrogen) atoms. The van der Waals surface area contributed by atoms with Crippen molar-refractivity contribution in [2.45, 2.75) is 26.2 Å². The first-order valence-corrected chi connectivity index (χ1v) is 7.79. The fraction of sp³-hybridized carbons (Fsp3) is 0.529. The molecule has 0 saturated carbocycles. The summed E-state index contributed by atoms with van der Waals surface area (Å²) in [7, 11) is 0. The largest absolute Gasteiger partial charge is 0.481 e. The van der Waals surface area contributed by atoms with E-state index in [0.717, 1.165) is 24.7 Å². The lowest BCUT2D eigenvalue weighted by Gasteiger charge is -2.32. The Kier molecular flexibility index (Phi) is 5.65. The van der Waals surface area contributed by atoms with Crippen molar-refractivity contribution in [1.82, 2.24) is 0 Å². The number of carboxylic acids is 1. The van der Waals surface area contributed by atoms with Crippen LogP contribution in [0.3, 0.4) is 0 Å². The maximum Gasteiger partial charge on any atom is 0.305 e. The molecule has 0 radical (unpaired) electrons. The zero-order valence-corrected chi connectivity index (χ0v) is 13.0. The van der Waals surface area contributed by atoms with Crippen LogP contribution in [0.15, 0.2) is 24.3 Å². The molecule has 1 aromatic carbocycles. The van der Waals surface area contributed by atoms with E-state index in [1.165, 1.54) is 18.5 Å². The third-order valence-electron chi connectivity index (χ3n) is 4.22. The number of piperidine rings is 1. The first kappa shape index (κ1) is 16.2. The topological polar surface area (TPSA) is 67.6 Å². The van der Waals surface area contributed by atoms with Gasteiger partial charge in [-0.1, -0.05) is 6.92 Å². The number of nitriles is 1. The SMILES string of the molecule is CC1CCN(c2ccc(N(CC#N)CCC(=O)O)cc2)CC1. The number of anilines is 2. The van der Waals surface area contributed by atoms with E-state index in [-0.39, 0.29) is 13.0 Å². The van der Waals surface area contributed by atoms with E-state index in [1.807, 2.05) is 12.1 Å². The molecule has 1 aliphatic heterocycles. The third-order valence-corrected chi connectivity index (χ3v) is 4.22. The Morgan fingerprint density at radius 3 is 2.55 bits per heavy atom. The average Bonchev–Trinajstić information content (AvgIpc) is 2.52. The summed E-state index contributed by atoms with van der Waals surface area (Å²) in [6.07, 6.45) is 2.48. The summed E-state index contributed by atoms with van der Waals surface area (Å²) in [5, 5.41) is 17.7. The van der Waals surface area contributed by atoms with Crippen LogP contribution >= 0.6 is 0 Å². The summed E-state index contributed by atoms with van der Waals surface area (Å²) >= 11 is 0. The van der Waals surface area contributed by atoms with Crippen molar-refractivity contribution in [3.63, 3.8) is 0 Å². The minimum atomic E-state index is -0.845. The highest BCUT2D eigenvalue weighted by Crippen LogP contribution is 2.25. The first-order valence-electron chi connectivity index (χ1n) is 7.79. The lowest BCUT2D eigenvalue weighted by Crippen LogP contribution is -2.32. The van der Waals surface area contributed by atoms with Gasteiger partial charge in [0, 0.05) is 31.0 Å². The number of hydrogen-bond donors (Lipinski definition) is 1. The van der Waals surface area contributed by atoms with Gasteiger partial charge in [0.25, 0.3) is 0 Å². The number of rotatable bonds is 6.